The Morgan fingerprint density at radius 3 is 2.74 bits per heavy atom. The van der Waals surface area contributed by atoms with Crippen molar-refractivity contribution in [2.24, 2.45) is 0 Å². The number of amides is 1. The van der Waals surface area contributed by atoms with Gasteiger partial charge in [-0.2, -0.15) is 5.10 Å². The van der Waals surface area contributed by atoms with Gasteiger partial charge >= 0.3 is 0 Å². The molecule has 1 aromatic carbocycles. The molecule has 142 valence electrons. The third kappa shape index (κ3) is 3.68. The molecule has 0 spiro atoms. The second-order valence-electron chi connectivity index (χ2n) is 6.91. The molecule has 1 saturated heterocycles. The molecule has 4 rings (SSSR count). The number of aromatic nitrogens is 3. The predicted octanol–water partition coefficient (Wildman–Crippen LogP) is 2.83. The van der Waals surface area contributed by atoms with Gasteiger partial charge < -0.3 is 15.1 Å². The first-order valence-corrected chi connectivity index (χ1v) is 10.0. The van der Waals surface area contributed by atoms with Crippen LogP contribution in [0.4, 0.5) is 10.8 Å². The van der Waals surface area contributed by atoms with Crippen LogP contribution in [-0.2, 0) is 6.54 Å². The molecule has 2 aromatic heterocycles. The number of fused-ring (bicyclic) bond motifs is 1. The van der Waals surface area contributed by atoms with Crippen molar-refractivity contribution < 1.29 is 4.79 Å². The van der Waals surface area contributed by atoms with Crippen molar-refractivity contribution >= 4 is 38.3 Å². The monoisotopic (exact) mass is 384 g/mol. The number of hydrogen-bond donors (Lipinski definition) is 1. The summed E-state index contributed by atoms with van der Waals surface area (Å²) in [5.74, 6) is -0.138. The van der Waals surface area contributed by atoms with Crippen LogP contribution in [0, 0.1) is 6.92 Å². The number of piperazine rings is 1. The van der Waals surface area contributed by atoms with Crippen LogP contribution in [0.5, 0.6) is 0 Å². The summed E-state index contributed by atoms with van der Waals surface area (Å²) in [4.78, 5) is 22.1. The Kier molecular flexibility index (Phi) is 4.84. The maximum Gasteiger partial charge on any atom is 0.273 e. The van der Waals surface area contributed by atoms with Crippen LogP contribution in [0.1, 0.15) is 23.1 Å². The maximum absolute atomic E-state index is 12.6. The van der Waals surface area contributed by atoms with Crippen LogP contribution in [0.3, 0.4) is 0 Å². The summed E-state index contributed by atoms with van der Waals surface area (Å²) >= 11 is 1.68. The molecule has 0 atom stereocenters. The minimum Gasteiger partial charge on any atom is -0.345 e. The summed E-state index contributed by atoms with van der Waals surface area (Å²) in [6.07, 6.45) is 0. The molecule has 8 heteroatoms. The Labute approximate surface area is 162 Å². The molecule has 1 amide bonds. The fraction of sp³-hybridized carbons (Fsp3) is 0.421. The van der Waals surface area contributed by atoms with Crippen molar-refractivity contribution in [1.82, 2.24) is 19.7 Å². The van der Waals surface area contributed by atoms with Crippen molar-refractivity contribution in [2.45, 2.75) is 20.4 Å². The summed E-state index contributed by atoms with van der Waals surface area (Å²) < 4.78 is 2.81. The molecule has 0 bridgehead atoms. The minimum atomic E-state index is -0.138. The van der Waals surface area contributed by atoms with Gasteiger partial charge in [0.15, 0.2) is 5.13 Å². The molecule has 27 heavy (non-hydrogen) atoms. The fourth-order valence-corrected chi connectivity index (χ4v) is 4.34. The van der Waals surface area contributed by atoms with Crippen LogP contribution in [0.25, 0.3) is 10.2 Å². The Morgan fingerprint density at radius 2 is 2.00 bits per heavy atom. The number of likely N-dealkylation sites (N-methyl/N-ethyl adjacent to an activating group) is 1. The van der Waals surface area contributed by atoms with Crippen molar-refractivity contribution in [3.63, 3.8) is 0 Å². The average Bonchev–Trinajstić information content (AvgIpc) is 3.25. The van der Waals surface area contributed by atoms with Crippen molar-refractivity contribution in [3.05, 3.63) is 35.7 Å². The van der Waals surface area contributed by atoms with Gasteiger partial charge in [-0.05, 0) is 45.2 Å². The first-order valence-electron chi connectivity index (χ1n) is 9.23. The number of anilines is 2. The van der Waals surface area contributed by atoms with Gasteiger partial charge in [-0.25, -0.2) is 4.98 Å². The van der Waals surface area contributed by atoms with E-state index in [4.69, 9.17) is 4.98 Å². The lowest BCUT2D eigenvalue weighted by Gasteiger charge is -2.31. The standard InChI is InChI=1S/C19H24N6OS/c1-4-25-16(11-13(2)22-25)18(26)20-14-5-6-15-17(12-14)27-19(21-15)24-9-7-23(3)8-10-24/h5-6,11-12H,4,7-10H2,1-3H3,(H,20,26). The van der Waals surface area contributed by atoms with Crippen molar-refractivity contribution in [3.8, 4) is 0 Å². The lowest BCUT2D eigenvalue weighted by Crippen LogP contribution is -2.44. The Morgan fingerprint density at radius 1 is 1.22 bits per heavy atom. The van der Waals surface area contributed by atoms with Gasteiger partial charge in [-0.1, -0.05) is 11.3 Å². The van der Waals surface area contributed by atoms with E-state index in [0.717, 1.165) is 52.9 Å². The molecule has 3 aromatic rings. The van der Waals surface area contributed by atoms with E-state index in [1.807, 2.05) is 38.1 Å². The molecule has 0 aliphatic carbocycles. The van der Waals surface area contributed by atoms with E-state index in [1.165, 1.54) is 0 Å². The highest BCUT2D eigenvalue weighted by Gasteiger charge is 2.18. The zero-order valence-corrected chi connectivity index (χ0v) is 16.7. The lowest BCUT2D eigenvalue weighted by molar-refractivity contribution is 0.101. The number of nitrogens with zero attached hydrogens (tertiary/aromatic N) is 5. The number of rotatable bonds is 4. The zero-order valence-electron chi connectivity index (χ0n) is 15.9. The molecular weight excluding hydrogens is 360 g/mol. The van der Waals surface area contributed by atoms with Gasteiger partial charge in [0.05, 0.1) is 15.9 Å². The summed E-state index contributed by atoms with van der Waals surface area (Å²) in [6, 6.07) is 7.70. The van der Waals surface area contributed by atoms with E-state index in [-0.39, 0.29) is 5.91 Å². The minimum absolute atomic E-state index is 0.138. The summed E-state index contributed by atoms with van der Waals surface area (Å²) in [5.41, 5.74) is 3.18. The normalized spacial score (nSPS) is 15.4. The Balaban J connectivity index is 1.54. The largest absolute Gasteiger partial charge is 0.345 e. The topological polar surface area (TPSA) is 66.3 Å². The average molecular weight is 385 g/mol. The zero-order chi connectivity index (χ0) is 19.0. The molecule has 1 N–H and O–H groups in total. The molecule has 1 aliphatic rings. The molecule has 0 saturated carbocycles. The third-order valence-corrected chi connectivity index (χ3v) is 5.92. The number of nitrogens with one attached hydrogen (secondary N) is 1. The third-order valence-electron chi connectivity index (χ3n) is 4.84. The van der Waals surface area contributed by atoms with E-state index < -0.39 is 0 Å². The number of benzene rings is 1. The molecule has 0 radical (unpaired) electrons. The van der Waals surface area contributed by atoms with Gasteiger partial charge in [-0.3, -0.25) is 9.48 Å². The SMILES string of the molecule is CCn1nc(C)cc1C(=O)Nc1ccc2nc(N3CCN(C)CC3)sc2c1. The molecule has 1 fully saturated rings. The molecule has 7 nitrogen and oxygen atoms in total. The van der Waals surface area contributed by atoms with Crippen LogP contribution in [0.15, 0.2) is 24.3 Å². The van der Waals surface area contributed by atoms with E-state index >= 15 is 0 Å². The van der Waals surface area contributed by atoms with Crippen LogP contribution in [0.2, 0.25) is 0 Å². The van der Waals surface area contributed by atoms with E-state index in [9.17, 15) is 4.79 Å². The van der Waals surface area contributed by atoms with Gasteiger partial charge in [0, 0.05) is 38.4 Å². The van der Waals surface area contributed by atoms with Gasteiger partial charge in [0.1, 0.15) is 5.69 Å². The maximum atomic E-state index is 12.6. The molecule has 1 aliphatic heterocycles. The molecule has 3 heterocycles. The molecule has 0 unspecified atom stereocenters. The number of hydrogen-bond acceptors (Lipinski definition) is 6. The van der Waals surface area contributed by atoms with Crippen LogP contribution >= 0.6 is 11.3 Å². The Bertz CT molecular complexity index is 970. The number of carbonyl (C=O) groups excluding carboxylic acids is 1. The summed E-state index contributed by atoms with van der Waals surface area (Å²) in [7, 11) is 2.15. The van der Waals surface area contributed by atoms with Gasteiger partial charge in [0.25, 0.3) is 5.91 Å². The highest BCUT2D eigenvalue weighted by Crippen LogP contribution is 2.31. The summed E-state index contributed by atoms with van der Waals surface area (Å²) in [5, 5.41) is 8.39. The second-order valence-corrected chi connectivity index (χ2v) is 7.92. The fourth-order valence-electron chi connectivity index (χ4n) is 3.29. The van der Waals surface area contributed by atoms with Gasteiger partial charge in [-0.15, -0.1) is 0 Å². The smallest absolute Gasteiger partial charge is 0.273 e. The highest BCUT2D eigenvalue weighted by atomic mass is 32.1. The first-order chi connectivity index (χ1) is 13.0. The number of thiazole rings is 1. The van der Waals surface area contributed by atoms with Crippen LogP contribution in [-0.4, -0.2) is 58.8 Å². The van der Waals surface area contributed by atoms with E-state index in [2.05, 4.69) is 27.3 Å². The van der Waals surface area contributed by atoms with Crippen LogP contribution < -0.4 is 10.2 Å². The Hall–Kier alpha value is -2.45. The number of aryl methyl sites for hydroxylation is 2. The summed E-state index contributed by atoms with van der Waals surface area (Å²) in [6.45, 7) is 8.65. The van der Waals surface area contributed by atoms with Gasteiger partial charge in [0.2, 0.25) is 0 Å². The first kappa shape index (κ1) is 17.9. The molecular formula is C19H24N6OS. The second kappa shape index (κ2) is 7.28. The number of carbonyl (C=O) groups is 1. The quantitative estimate of drug-likeness (QED) is 0.749. The van der Waals surface area contributed by atoms with Crippen molar-refractivity contribution in [1.29, 1.82) is 0 Å². The van der Waals surface area contributed by atoms with E-state index in [0.29, 0.717) is 12.2 Å². The highest BCUT2D eigenvalue weighted by molar-refractivity contribution is 7.22. The van der Waals surface area contributed by atoms with E-state index in [1.54, 1.807) is 16.0 Å². The predicted molar refractivity (Wildman–Crippen MR) is 110 cm³/mol. The van der Waals surface area contributed by atoms with Crippen molar-refractivity contribution in [2.75, 3.05) is 43.4 Å². The lowest BCUT2D eigenvalue weighted by atomic mass is 10.2.